The summed E-state index contributed by atoms with van der Waals surface area (Å²) in [4.78, 5) is 49.1. The lowest BCUT2D eigenvalue weighted by atomic mass is 9.73. The molecule has 0 bridgehead atoms. The number of nitrogens with one attached hydrogen (secondary N) is 3. The highest BCUT2D eigenvalue weighted by Gasteiger charge is 2.45. The van der Waals surface area contributed by atoms with Crippen LogP contribution in [0.15, 0.2) is 54.6 Å². The van der Waals surface area contributed by atoms with E-state index in [0.29, 0.717) is 31.3 Å². The van der Waals surface area contributed by atoms with Gasteiger partial charge in [0.1, 0.15) is 5.69 Å². The summed E-state index contributed by atoms with van der Waals surface area (Å²) in [6.07, 6.45) is 2.72. The molecule has 2 fully saturated rings. The fourth-order valence-corrected chi connectivity index (χ4v) is 6.30. The van der Waals surface area contributed by atoms with E-state index in [9.17, 15) is 14.4 Å². The Morgan fingerprint density at radius 2 is 1.87 bits per heavy atom. The van der Waals surface area contributed by atoms with Crippen LogP contribution in [-0.4, -0.2) is 55.5 Å². The van der Waals surface area contributed by atoms with Gasteiger partial charge in [0, 0.05) is 30.8 Å². The van der Waals surface area contributed by atoms with Crippen molar-refractivity contribution in [3.05, 3.63) is 71.5 Å². The lowest BCUT2D eigenvalue weighted by Crippen LogP contribution is -2.37. The molecule has 192 valence electrons. The van der Waals surface area contributed by atoms with E-state index in [-0.39, 0.29) is 41.2 Å². The predicted octanol–water partition coefficient (Wildman–Crippen LogP) is 3.50. The van der Waals surface area contributed by atoms with E-state index >= 15 is 0 Å². The maximum Gasteiger partial charge on any atom is 0.274 e. The average molecular weight is 510 g/mol. The Morgan fingerprint density at radius 3 is 2.76 bits per heavy atom. The number of benzene rings is 2. The first-order valence-corrected chi connectivity index (χ1v) is 13.1. The Morgan fingerprint density at radius 1 is 1.03 bits per heavy atom. The summed E-state index contributed by atoms with van der Waals surface area (Å²) in [5, 5.41) is 10.4. The number of carbonyl (C=O) groups excluding carboxylic acids is 3. The summed E-state index contributed by atoms with van der Waals surface area (Å²) in [6, 6.07) is 16.8. The minimum absolute atomic E-state index is 0.0582. The summed E-state index contributed by atoms with van der Waals surface area (Å²) >= 11 is 0. The van der Waals surface area contributed by atoms with Crippen LogP contribution in [0, 0.1) is 17.8 Å². The van der Waals surface area contributed by atoms with Crippen molar-refractivity contribution in [1.29, 1.82) is 0 Å². The second-order valence-electron chi connectivity index (χ2n) is 10.4. The molecule has 10 nitrogen and oxygen atoms in total. The van der Waals surface area contributed by atoms with Crippen molar-refractivity contribution in [2.24, 2.45) is 17.8 Å². The van der Waals surface area contributed by atoms with Crippen LogP contribution in [0.4, 0.5) is 11.6 Å². The lowest BCUT2D eigenvalue weighted by molar-refractivity contribution is -0.123. The standard InChI is InChI=1S/C28H27N7O3/c36-25(32-28-30-21-10-3-4-11-22(21)31-28)18-8-5-7-16-13-34(15-19(16)18)27(38)23-12-24-26(37)29-20-9-2-1-6-17(20)14-35(24)33-23/h1-4,6,9-12,16,18-19H,5,7-8,13-15H2,(H,29,37)(H2,30,31,32,36)/t16-,18-,19+/m1/s1. The van der Waals surface area contributed by atoms with Crippen LogP contribution in [0.5, 0.6) is 0 Å². The molecule has 1 saturated heterocycles. The molecule has 2 aromatic heterocycles. The first-order valence-electron chi connectivity index (χ1n) is 13.1. The Balaban J connectivity index is 1.08. The third-order valence-corrected chi connectivity index (χ3v) is 8.17. The third-order valence-electron chi connectivity index (χ3n) is 8.17. The van der Waals surface area contributed by atoms with E-state index in [1.54, 1.807) is 15.6 Å². The first-order chi connectivity index (χ1) is 18.5. The Bertz CT molecular complexity index is 1560. The van der Waals surface area contributed by atoms with Crippen LogP contribution < -0.4 is 10.6 Å². The summed E-state index contributed by atoms with van der Waals surface area (Å²) in [5.74, 6) is 0.0558. The van der Waals surface area contributed by atoms with Crippen LogP contribution in [0.25, 0.3) is 11.0 Å². The SMILES string of the molecule is O=C1Nc2ccccc2Cn2nc(C(=O)N3C[C@H]4CCC[C@@H](C(=O)Nc5nc6ccccc6[nH]5)[C@H]4C3)cc21. The molecule has 3 aliphatic rings. The number of fused-ring (bicyclic) bond motifs is 4. The second kappa shape index (κ2) is 8.83. The monoisotopic (exact) mass is 509 g/mol. The second-order valence-corrected chi connectivity index (χ2v) is 10.4. The fraction of sp³-hybridized carbons (Fsp3) is 0.321. The van der Waals surface area contributed by atoms with Gasteiger partial charge in [0.15, 0.2) is 5.69 Å². The van der Waals surface area contributed by atoms with Crippen molar-refractivity contribution in [2.75, 3.05) is 23.7 Å². The van der Waals surface area contributed by atoms with Crippen molar-refractivity contribution in [2.45, 2.75) is 25.8 Å². The van der Waals surface area contributed by atoms with Gasteiger partial charge in [0.2, 0.25) is 11.9 Å². The van der Waals surface area contributed by atoms with E-state index in [2.05, 4.69) is 25.7 Å². The Hall–Kier alpha value is -4.47. The summed E-state index contributed by atoms with van der Waals surface area (Å²) in [5.41, 5.74) is 3.99. The molecule has 1 aliphatic carbocycles. The molecule has 2 aliphatic heterocycles. The number of aromatic amines is 1. The zero-order valence-corrected chi connectivity index (χ0v) is 20.7. The lowest BCUT2D eigenvalue weighted by Gasteiger charge is -2.31. The van der Waals surface area contributed by atoms with Crippen LogP contribution in [0.1, 0.15) is 45.8 Å². The number of rotatable bonds is 3. The van der Waals surface area contributed by atoms with Gasteiger partial charge in [-0.25, -0.2) is 4.98 Å². The smallest absolute Gasteiger partial charge is 0.274 e. The van der Waals surface area contributed by atoms with Crippen molar-refractivity contribution < 1.29 is 14.4 Å². The fourth-order valence-electron chi connectivity index (χ4n) is 6.30. The highest BCUT2D eigenvalue weighted by atomic mass is 16.2. The average Bonchev–Trinajstić information content (AvgIpc) is 3.63. The highest BCUT2D eigenvalue weighted by Crippen LogP contribution is 2.41. The van der Waals surface area contributed by atoms with E-state index < -0.39 is 0 Å². The molecule has 4 aromatic rings. The molecule has 2 aromatic carbocycles. The zero-order chi connectivity index (χ0) is 25.8. The van der Waals surface area contributed by atoms with Gasteiger partial charge in [0.05, 0.1) is 17.6 Å². The summed E-state index contributed by atoms with van der Waals surface area (Å²) < 4.78 is 1.60. The summed E-state index contributed by atoms with van der Waals surface area (Å²) in [6.45, 7) is 1.50. The number of H-pyrrole nitrogens is 1. The van der Waals surface area contributed by atoms with Crippen molar-refractivity contribution in [3.8, 4) is 0 Å². The van der Waals surface area contributed by atoms with Gasteiger partial charge in [-0.1, -0.05) is 36.8 Å². The molecule has 0 spiro atoms. The number of para-hydroxylation sites is 3. The number of hydrogen-bond acceptors (Lipinski definition) is 5. The van der Waals surface area contributed by atoms with Gasteiger partial charge >= 0.3 is 0 Å². The van der Waals surface area contributed by atoms with Gasteiger partial charge < -0.3 is 15.2 Å². The topological polar surface area (TPSA) is 125 Å². The molecular formula is C28H27N7O3. The number of amides is 3. The largest absolute Gasteiger partial charge is 0.337 e. The van der Waals surface area contributed by atoms with Crippen LogP contribution in [0.2, 0.25) is 0 Å². The molecule has 10 heteroatoms. The highest BCUT2D eigenvalue weighted by molar-refractivity contribution is 6.06. The van der Waals surface area contributed by atoms with E-state index in [0.717, 1.165) is 41.5 Å². The number of likely N-dealkylation sites (tertiary alicyclic amines) is 1. The molecule has 1 saturated carbocycles. The number of carbonyl (C=O) groups is 3. The van der Waals surface area contributed by atoms with Gasteiger partial charge in [-0.15, -0.1) is 0 Å². The van der Waals surface area contributed by atoms with Gasteiger partial charge in [-0.05, 0) is 48.4 Å². The number of anilines is 2. The van der Waals surface area contributed by atoms with Gasteiger partial charge in [-0.3, -0.25) is 24.4 Å². The van der Waals surface area contributed by atoms with Gasteiger partial charge in [0.25, 0.3) is 11.8 Å². The molecule has 0 radical (unpaired) electrons. The predicted molar refractivity (Wildman–Crippen MR) is 141 cm³/mol. The number of hydrogen-bond donors (Lipinski definition) is 3. The van der Waals surface area contributed by atoms with Crippen molar-refractivity contribution in [1.82, 2.24) is 24.6 Å². The summed E-state index contributed by atoms with van der Waals surface area (Å²) in [7, 11) is 0. The number of nitrogens with zero attached hydrogens (tertiary/aromatic N) is 4. The molecule has 38 heavy (non-hydrogen) atoms. The molecule has 4 heterocycles. The normalized spacial score (nSPS) is 22.3. The van der Waals surface area contributed by atoms with Crippen LogP contribution >= 0.6 is 0 Å². The van der Waals surface area contributed by atoms with Crippen LogP contribution in [0.3, 0.4) is 0 Å². The first kappa shape index (κ1) is 22.7. The Labute approximate surface area is 218 Å². The van der Waals surface area contributed by atoms with Crippen LogP contribution in [-0.2, 0) is 11.3 Å². The van der Waals surface area contributed by atoms with Gasteiger partial charge in [-0.2, -0.15) is 5.10 Å². The molecule has 3 amide bonds. The van der Waals surface area contributed by atoms with E-state index in [1.165, 1.54) is 0 Å². The quantitative estimate of drug-likeness (QED) is 0.390. The maximum absolute atomic E-state index is 13.5. The van der Waals surface area contributed by atoms with E-state index in [4.69, 9.17) is 0 Å². The number of imidazole rings is 1. The molecule has 0 unspecified atom stereocenters. The van der Waals surface area contributed by atoms with E-state index in [1.807, 2.05) is 48.5 Å². The van der Waals surface area contributed by atoms with Crippen molar-refractivity contribution in [3.63, 3.8) is 0 Å². The third kappa shape index (κ3) is 3.84. The molecule has 3 N–H and O–H groups in total. The molecule has 3 atom stereocenters. The Kier molecular flexibility index (Phi) is 5.27. The molecular weight excluding hydrogens is 482 g/mol. The minimum Gasteiger partial charge on any atom is -0.337 e. The molecule has 7 rings (SSSR count). The number of aromatic nitrogens is 4. The van der Waals surface area contributed by atoms with Crippen molar-refractivity contribution >= 4 is 40.4 Å². The minimum atomic E-state index is -0.279. The zero-order valence-electron chi connectivity index (χ0n) is 20.7. The maximum atomic E-state index is 13.5.